The number of nitrogens with zero attached hydrogens (tertiary/aromatic N) is 6. The average molecular weight is 334 g/mol. The van der Waals surface area contributed by atoms with Gasteiger partial charge in [-0.3, -0.25) is 9.36 Å². The number of carboxylic acids is 1. The topological polar surface area (TPSA) is 138 Å². The second kappa shape index (κ2) is 5.44. The first-order valence-electron chi connectivity index (χ1n) is 6.99. The monoisotopic (exact) mass is 334 g/mol. The van der Waals surface area contributed by atoms with Gasteiger partial charge in [0.25, 0.3) is 5.56 Å². The number of aryl methyl sites for hydroxylation is 2. The molecule has 3 heterocycles. The minimum Gasteiger partial charge on any atom is -0.480 e. The molecular formula is C13H14N6O5. The van der Waals surface area contributed by atoms with Crippen molar-refractivity contribution >= 4 is 17.1 Å². The number of imidazole rings is 1. The van der Waals surface area contributed by atoms with Crippen molar-refractivity contribution in [3.63, 3.8) is 0 Å². The first kappa shape index (κ1) is 15.6. The Morgan fingerprint density at radius 3 is 2.71 bits per heavy atom. The number of fused-ring (bicyclic) bond motifs is 1. The number of hydrogen-bond acceptors (Lipinski definition) is 7. The largest absolute Gasteiger partial charge is 0.480 e. The third-order valence-electron chi connectivity index (χ3n) is 3.70. The van der Waals surface area contributed by atoms with Gasteiger partial charge in [0.05, 0.1) is 6.33 Å². The van der Waals surface area contributed by atoms with Crippen LogP contribution in [0.15, 0.2) is 20.4 Å². The summed E-state index contributed by atoms with van der Waals surface area (Å²) in [5, 5.41) is 12.8. The number of aliphatic carboxylic acids is 1. The van der Waals surface area contributed by atoms with E-state index < -0.39 is 23.3 Å². The van der Waals surface area contributed by atoms with Crippen molar-refractivity contribution in [2.45, 2.75) is 26.4 Å². The Hall–Kier alpha value is -3.24. The molecule has 126 valence electrons. The lowest BCUT2D eigenvalue weighted by molar-refractivity contribution is -0.140. The van der Waals surface area contributed by atoms with E-state index in [1.165, 1.54) is 29.4 Å². The first-order valence-corrected chi connectivity index (χ1v) is 6.99. The molecule has 0 aliphatic rings. The van der Waals surface area contributed by atoms with Crippen LogP contribution in [0.5, 0.6) is 0 Å². The van der Waals surface area contributed by atoms with Crippen LogP contribution < -0.4 is 11.2 Å². The number of rotatable bonds is 4. The van der Waals surface area contributed by atoms with Gasteiger partial charge in [-0.15, -0.1) is 0 Å². The second-order valence-electron chi connectivity index (χ2n) is 5.31. The van der Waals surface area contributed by atoms with Crippen molar-refractivity contribution < 1.29 is 14.4 Å². The summed E-state index contributed by atoms with van der Waals surface area (Å²) < 4.78 is 8.24. The quantitative estimate of drug-likeness (QED) is 0.660. The maximum atomic E-state index is 12.7. The maximum absolute atomic E-state index is 12.7. The van der Waals surface area contributed by atoms with E-state index in [0.29, 0.717) is 5.82 Å². The normalized spacial score (nSPS) is 12.6. The zero-order valence-corrected chi connectivity index (χ0v) is 13.1. The molecule has 0 saturated carbocycles. The summed E-state index contributed by atoms with van der Waals surface area (Å²) in [5.74, 6) is -0.648. The number of carboxylic acid groups (broad SMARTS) is 1. The highest BCUT2D eigenvalue weighted by Crippen LogP contribution is 2.13. The molecular weight excluding hydrogens is 320 g/mol. The fraction of sp³-hybridized carbons (Fsp3) is 0.385. The van der Waals surface area contributed by atoms with Crippen molar-refractivity contribution in [3.05, 3.63) is 38.9 Å². The molecule has 1 N–H and O–H groups in total. The van der Waals surface area contributed by atoms with E-state index in [9.17, 15) is 19.5 Å². The third-order valence-corrected chi connectivity index (χ3v) is 3.70. The van der Waals surface area contributed by atoms with Crippen molar-refractivity contribution in [3.8, 4) is 0 Å². The molecule has 0 radical (unpaired) electrons. The van der Waals surface area contributed by atoms with Crippen LogP contribution in [0.25, 0.3) is 11.2 Å². The molecule has 3 aromatic rings. The van der Waals surface area contributed by atoms with Gasteiger partial charge < -0.3 is 14.2 Å². The van der Waals surface area contributed by atoms with Gasteiger partial charge in [0.2, 0.25) is 5.89 Å². The van der Waals surface area contributed by atoms with Gasteiger partial charge in [0.15, 0.2) is 17.0 Å². The molecule has 0 amide bonds. The Morgan fingerprint density at radius 2 is 2.12 bits per heavy atom. The Balaban J connectivity index is 2.27. The molecule has 11 nitrogen and oxygen atoms in total. The molecule has 11 heteroatoms. The van der Waals surface area contributed by atoms with Crippen LogP contribution in [0, 0.1) is 6.92 Å². The molecule has 0 fully saturated rings. The standard InChI is InChI=1S/C13H14N6O5/c1-6(12(21)22)19-5-14-10-9(19)11(20)18(13(23)17(10)3)4-8-15-7(2)16-24-8/h5-6H,4H2,1-3H3,(H,21,22)/t6-/m0/s1. The number of carbonyl (C=O) groups is 1. The molecule has 0 aliphatic heterocycles. The van der Waals surface area contributed by atoms with Crippen LogP contribution >= 0.6 is 0 Å². The van der Waals surface area contributed by atoms with E-state index >= 15 is 0 Å². The van der Waals surface area contributed by atoms with Gasteiger partial charge in [-0.2, -0.15) is 4.98 Å². The van der Waals surface area contributed by atoms with Crippen molar-refractivity contribution in [2.24, 2.45) is 7.05 Å². The Bertz CT molecular complexity index is 1060. The Morgan fingerprint density at radius 1 is 1.42 bits per heavy atom. The Kier molecular flexibility index (Phi) is 3.55. The van der Waals surface area contributed by atoms with Crippen LogP contribution in [0.1, 0.15) is 24.7 Å². The number of aromatic nitrogens is 6. The van der Waals surface area contributed by atoms with Crippen LogP contribution in [-0.2, 0) is 18.4 Å². The van der Waals surface area contributed by atoms with Crippen LogP contribution in [0.3, 0.4) is 0 Å². The highest BCUT2D eigenvalue weighted by Gasteiger charge is 2.22. The van der Waals surface area contributed by atoms with Gasteiger partial charge >= 0.3 is 11.7 Å². The highest BCUT2D eigenvalue weighted by molar-refractivity contribution is 5.76. The van der Waals surface area contributed by atoms with Crippen molar-refractivity contribution in [1.29, 1.82) is 0 Å². The summed E-state index contributed by atoms with van der Waals surface area (Å²) in [6, 6.07) is -1.01. The molecule has 3 rings (SSSR count). The predicted molar refractivity (Wildman–Crippen MR) is 79.7 cm³/mol. The van der Waals surface area contributed by atoms with E-state index in [1.807, 2.05) is 0 Å². The van der Waals surface area contributed by atoms with Gasteiger partial charge in [0, 0.05) is 7.05 Å². The first-order chi connectivity index (χ1) is 11.3. The molecule has 0 saturated heterocycles. The smallest absolute Gasteiger partial charge is 0.332 e. The fourth-order valence-electron chi connectivity index (χ4n) is 2.38. The Labute approximate surface area is 133 Å². The SMILES string of the molecule is Cc1noc(Cn2c(=O)c3c(ncn3[C@@H](C)C(=O)O)n(C)c2=O)n1. The lowest BCUT2D eigenvalue weighted by Crippen LogP contribution is -2.40. The molecule has 0 aromatic carbocycles. The van der Waals surface area contributed by atoms with Crippen LogP contribution in [-0.4, -0.2) is 39.9 Å². The summed E-state index contributed by atoms with van der Waals surface area (Å²) >= 11 is 0. The zero-order chi connectivity index (χ0) is 17.6. The van der Waals surface area contributed by atoms with Gasteiger partial charge in [-0.1, -0.05) is 5.16 Å². The van der Waals surface area contributed by atoms with Gasteiger partial charge in [-0.25, -0.2) is 19.1 Å². The minimum absolute atomic E-state index is 0.0169. The van der Waals surface area contributed by atoms with E-state index in [1.54, 1.807) is 6.92 Å². The summed E-state index contributed by atoms with van der Waals surface area (Å²) in [4.78, 5) is 44.3. The molecule has 1 atom stereocenters. The summed E-state index contributed by atoms with van der Waals surface area (Å²) in [5.41, 5.74) is -1.16. The molecule has 3 aromatic heterocycles. The van der Waals surface area contributed by atoms with Gasteiger partial charge in [0.1, 0.15) is 12.6 Å². The van der Waals surface area contributed by atoms with Crippen LogP contribution in [0.4, 0.5) is 0 Å². The van der Waals surface area contributed by atoms with E-state index in [2.05, 4.69) is 15.1 Å². The van der Waals surface area contributed by atoms with Crippen LogP contribution in [0.2, 0.25) is 0 Å². The molecule has 24 heavy (non-hydrogen) atoms. The van der Waals surface area contributed by atoms with E-state index in [0.717, 1.165) is 4.57 Å². The predicted octanol–water partition coefficient (Wildman–Crippen LogP) is -0.718. The highest BCUT2D eigenvalue weighted by atomic mass is 16.5. The van der Waals surface area contributed by atoms with E-state index in [-0.39, 0.29) is 23.6 Å². The molecule has 0 bridgehead atoms. The van der Waals surface area contributed by atoms with Crippen molar-refractivity contribution in [2.75, 3.05) is 0 Å². The van der Waals surface area contributed by atoms with Gasteiger partial charge in [-0.05, 0) is 13.8 Å². The lowest BCUT2D eigenvalue weighted by Gasteiger charge is -2.11. The average Bonchev–Trinajstić information content (AvgIpc) is 3.15. The number of hydrogen-bond donors (Lipinski definition) is 1. The van der Waals surface area contributed by atoms with E-state index in [4.69, 9.17) is 4.52 Å². The molecule has 0 aliphatic carbocycles. The summed E-state index contributed by atoms with van der Waals surface area (Å²) in [7, 11) is 1.45. The molecule has 0 spiro atoms. The minimum atomic E-state index is -1.12. The summed E-state index contributed by atoms with van der Waals surface area (Å²) in [6.07, 6.45) is 1.23. The third kappa shape index (κ3) is 2.30. The lowest BCUT2D eigenvalue weighted by atomic mass is 10.3. The fourth-order valence-corrected chi connectivity index (χ4v) is 2.38. The maximum Gasteiger partial charge on any atom is 0.332 e. The summed E-state index contributed by atoms with van der Waals surface area (Å²) in [6.45, 7) is 2.81. The zero-order valence-electron chi connectivity index (χ0n) is 13.1. The second-order valence-corrected chi connectivity index (χ2v) is 5.31. The molecule has 0 unspecified atom stereocenters. The van der Waals surface area contributed by atoms with Crippen molar-refractivity contribution in [1.82, 2.24) is 28.8 Å².